The van der Waals surface area contributed by atoms with Crippen molar-refractivity contribution in [2.75, 3.05) is 6.61 Å². The molecule has 0 spiro atoms. The maximum absolute atomic E-state index is 12.5. The molecule has 3 heterocycles. The number of pyridine rings is 1. The molecule has 0 unspecified atom stereocenters. The molecule has 142 valence electrons. The average molecular weight is 393 g/mol. The minimum atomic E-state index is -0.596. The molecule has 2 N–H and O–H groups in total. The van der Waals surface area contributed by atoms with Crippen LogP contribution in [0.15, 0.2) is 47.2 Å². The summed E-state index contributed by atoms with van der Waals surface area (Å²) in [5, 5.41) is 0.462. The van der Waals surface area contributed by atoms with Gasteiger partial charge in [-0.05, 0) is 29.5 Å². The van der Waals surface area contributed by atoms with E-state index in [1.165, 1.54) is 24.2 Å². The summed E-state index contributed by atoms with van der Waals surface area (Å²) in [7, 11) is 0. The van der Waals surface area contributed by atoms with Crippen molar-refractivity contribution in [2.45, 2.75) is 25.3 Å². The third-order valence-corrected chi connectivity index (χ3v) is 4.84. The molecule has 28 heavy (non-hydrogen) atoms. The second-order valence-electron chi connectivity index (χ2n) is 6.42. The van der Waals surface area contributed by atoms with Gasteiger partial charge in [0.05, 0.1) is 18.1 Å². The molecule has 0 amide bonds. The van der Waals surface area contributed by atoms with Crippen LogP contribution in [0.25, 0.3) is 0 Å². The highest BCUT2D eigenvalue weighted by Crippen LogP contribution is 2.39. The number of nitrogens with two attached hydrogens (primary N) is 1. The normalized spacial score (nSPS) is 18.9. The summed E-state index contributed by atoms with van der Waals surface area (Å²) in [6.07, 6.45) is 10.4. The molecule has 2 aromatic heterocycles. The van der Waals surface area contributed by atoms with Crippen LogP contribution in [0, 0.1) is 12.3 Å². The zero-order chi connectivity index (χ0) is 20.1. The fourth-order valence-electron chi connectivity index (χ4n) is 2.83. The number of hydrogen-bond acceptors (Lipinski definition) is 8. The fourth-order valence-corrected chi connectivity index (χ4v) is 3.72. The Hall–Kier alpha value is -3.18. The van der Waals surface area contributed by atoms with Gasteiger partial charge in [0.25, 0.3) is 0 Å². The molecule has 0 fully saturated rings. The van der Waals surface area contributed by atoms with E-state index in [2.05, 4.69) is 32.4 Å². The number of carbonyl (C=O) groups excluding carboxylic acids is 1. The molecule has 1 atom stereocenters. The summed E-state index contributed by atoms with van der Waals surface area (Å²) in [5.74, 6) is 2.46. The van der Waals surface area contributed by atoms with Gasteiger partial charge in [0.1, 0.15) is 11.2 Å². The molecule has 1 aliphatic heterocycles. The summed E-state index contributed by atoms with van der Waals surface area (Å²) < 4.78 is 5.16. The Labute approximate surface area is 167 Å². The summed E-state index contributed by atoms with van der Waals surface area (Å²) >= 11 is 1.37. The first kappa shape index (κ1) is 19.6. The molecule has 3 rings (SSSR count). The zero-order valence-corrected chi connectivity index (χ0v) is 16.2. The van der Waals surface area contributed by atoms with Crippen LogP contribution < -0.4 is 10.5 Å². The lowest BCUT2D eigenvalue weighted by atomic mass is 9.92. The Balaban J connectivity index is 1.76. The number of ketones is 1. The molecule has 0 bridgehead atoms. The van der Waals surface area contributed by atoms with Gasteiger partial charge < -0.3 is 10.5 Å². The SMILES string of the molecule is C#CCOc1cnc(C(=O)Cc2ccnc([C@]3(C)CC(=C)SC(N)=N3)c2)cn1. The van der Waals surface area contributed by atoms with E-state index in [0.717, 1.165) is 16.2 Å². The first-order valence-corrected chi connectivity index (χ1v) is 9.29. The number of rotatable bonds is 6. The van der Waals surface area contributed by atoms with Crippen LogP contribution in [0.3, 0.4) is 0 Å². The maximum Gasteiger partial charge on any atom is 0.233 e. The van der Waals surface area contributed by atoms with Gasteiger partial charge in [-0.3, -0.25) is 9.78 Å². The van der Waals surface area contributed by atoms with Crippen LogP contribution in [-0.4, -0.2) is 32.5 Å². The number of thioether (sulfide) groups is 1. The molecule has 8 heteroatoms. The summed E-state index contributed by atoms with van der Waals surface area (Å²) in [6, 6.07) is 3.66. The van der Waals surface area contributed by atoms with Crippen molar-refractivity contribution in [2.24, 2.45) is 10.7 Å². The predicted molar refractivity (Wildman–Crippen MR) is 109 cm³/mol. The van der Waals surface area contributed by atoms with Gasteiger partial charge in [0.15, 0.2) is 17.6 Å². The summed E-state index contributed by atoms with van der Waals surface area (Å²) in [6.45, 7) is 6.06. The highest BCUT2D eigenvalue weighted by Gasteiger charge is 2.32. The summed E-state index contributed by atoms with van der Waals surface area (Å²) in [4.78, 5) is 30.6. The van der Waals surface area contributed by atoms with Crippen LogP contribution in [0.1, 0.15) is 35.1 Å². The predicted octanol–water partition coefficient (Wildman–Crippen LogP) is 2.49. The topological polar surface area (TPSA) is 103 Å². The number of hydrogen-bond donors (Lipinski definition) is 1. The van der Waals surface area contributed by atoms with Gasteiger partial charge in [-0.15, -0.1) is 6.42 Å². The molecule has 7 nitrogen and oxygen atoms in total. The third-order valence-electron chi connectivity index (χ3n) is 4.11. The maximum atomic E-state index is 12.5. The number of aromatic nitrogens is 3. The van der Waals surface area contributed by atoms with E-state index < -0.39 is 5.54 Å². The largest absolute Gasteiger partial charge is 0.463 e. The molecule has 2 aromatic rings. The number of Topliss-reactive ketones (excluding diaryl/α,β-unsaturated/α-hetero) is 1. The molecule has 1 aliphatic rings. The van der Waals surface area contributed by atoms with Crippen molar-refractivity contribution < 1.29 is 9.53 Å². The highest BCUT2D eigenvalue weighted by atomic mass is 32.2. The standard InChI is InChI=1S/C20H19N5O2S/c1-4-7-27-18-12-23-15(11-24-18)16(26)8-14-5-6-22-17(9-14)20(3)10-13(2)28-19(21)25-20/h1,5-6,9,11-12H,2,7-8,10H2,3H3,(H2,21,25)/t20-/m0/s1. The first-order chi connectivity index (χ1) is 13.4. The van der Waals surface area contributed by atoms with E-state index >= 15 is 0 Å². The van der Waals surface area contributed by atoms with E-state index in [-0.39, 0.29) is 30.4 Å². The van der Waals surface area contributed by atoms with Crippen molar-refractivity contribution in [1.29, 1.82) is 0 Å². The number of aliphatic imine (C=N–C) groups is 1. The van der Waals surface area contributed by atoms with Gasteiger partial charge >= 0.3 is 0 Å². The van der Waals surface area contributed by atoms with E-state index in [1.807, 2.05) is 13.0 Å². The monoisotopic (exact) mass is 393 g/mol. The number of amidine groups is 1. The molecule has 0 aliphatic carbocycles. The van der Waals surface area contributed by atoms with Crippen molar-refractivity contribution >= 4 is 22.7 Å². The fraction of sp³-hybridized carbons (Fsp3) is 0.250. The van der Waals surface area contributed by atoms with Crippen molar-refractivity contribution in [1.82, 2.24) is 15.0 Å². The van der Waals surface area contributed by atoms with Gasteiger partial charge in [-0.25, -0.2) is 15.0 Å². The van der Waals surface area contributed by atoms with Gasteiger partial charge in [-0.2, -0.15) is 0 Å². The minimum Gasteiger partial charge on any atom is -0.463 e. The lowest BCUT2D eigenvalue weighted by Gasteiger charge is -2.30. The van der Waals surface area contributed by atoms with Gasteiger partial charge in [-0.1, -0.05) is 24.3 Å². The zero-order valence-electron chi connectivity index (χ0n) is 15.4. The summed E-state index contributed by atoms with van der Waals surface area (Å²) in [5.41, 5.74) is 7.12. The number of nitrogens with zero attached hydrogens (tertiary/aromatic N) is 4. The second kappa shape index (κ2) is 8.23. The van der Waals surface area contributed by atoms with E-state index in [9.17, 15) is 4.79 Å². The molecule has 0 saturated carbocycles. The second-order valence-corrected chi connectivity index (χ2v) is 7.62. The highest BCUT2D eigenvalue weighted by molar-refractivity contribution is 8.17. The Bertz CT molecular complexity index is 981. The quantitative estimate of drug-likeness (QED) is 0.594. The Morgan fingerprint density at radius 1 is 1.43 bits per heavy atom. The Morgan fingerprint density at radius 2 is 2.25 bits per heavy atom. The smallest absolute Gasteiger partial charge is 0.233 e. The number of carbonyl (C=O) groups is 1. The Kier molecular flexibility index (Phi) is 5.76. The van der Waals surface area contributed by atoms with Crippen LogP contribution in [0.5, 0.6) is 5.88 Å². The molecule has 0 radical (unpaired) electrons. The van der Waals surface area contributed by atoms with E-state index in [4.69, 9.17) is 16.9 Å². The van der Waals surface area contributed by atoms with Crippen LogP contribution >= 0.6 is 11.8 Å². The van der Waals surface area contributed by atoms with E-state index in [0.29, 0.717) is 11.6 Å². The molecular formula is C20H19N5O2S. The van der Waals surface area contributed by atoms with Crippen LogP contribution in [-0.2, 0) is 12.0 Å². The molecule has 0 saturated heterocycles. The number of terminal acetylenes is 1. The minimum absolute atomic E-state index is 0.0957. The van der Waals surface area contributed by atoms with Crippen molar-refractivity contribution in [3.8, 4) is 18.2 Å². The van der Waals surface area contributed by atoms with Gasteiger partial charge in [0, 0.05) is 19.0 Å². The first-order valence-electron chi connectivity index (χ1n) is 8.47. The molecule has 0 aromatic carbocycles. The van der Waals surface area contributed by atoms with Gasteiger partial charge in [0.2, 0.25) is 5.88 Å². The number of ether oxygens (including phenoxy) is 1. The third kappa shape index (κ3) is 4.56. The van der Waals surface area contributed by atoms with Crippen LogP contribution in [0.4, 0.5) is 0 Å². The van der Waals surface area contributed by atoms with Crippen molar-refractivity contribution in [3.63, 3.8) is 0 Å². The van der Waals surface area contributed by atoms with Crippen molar-refractivity contribution in [3.05, 3.63) is 59.2 Å². The lowest BCUT2D eigenvalue weighted by Crippen LogP contribution is -2.28. The Morgan fingerprint density at radius 3 is 2.93 bits per heavy atom. The lowest BCUT2D eigenvalue weighted by molar-refractivity contribution is 0.0987. The van der Waals surface area contributed by atoms with E-state index in [1.54, 1.807) is 12.3 Å². The average Bonchev–Trinajstić information content (AvgIpc) is 2.66. The molecular weight excluding hydrogens is 374 g/mol. The van der Waals surface area contributed by atoms with Crippen LogP contribution in [0.2, 0.25) is 0 Å².